The van der Waals surface area contributed by atoms with Gasteiger partial charge < -0.3 is 9.64 Å². The summed E-state index contributed by atoms with van der Waals surface area (Å²) in [4.78, 5) is 18.6. The van der Waals surface area contributed by atoms with E-state index in [0.29, 0.717) is 13.1 Å². The first kappa shape index (κ1) is 22.5. The van der Waals surface area contributed by atoms with Crippen LogP contribution in [0.25, 0.3) is 22.5 Å². The lowest BCUT2D eigenvalue weighted by atomic mass is 10.0. The van der Waals surface area contributed by atoms with Gasteiger partial charge in [-0.05, 0) is 44.9 Å². The van der Waals surface area contributed by atoms with Crippen molar-refractivity contribution in [3.05, 3.63) is 60.4 Å². The standard InChI is InChI=1S/C23H26N4O2.C2H6/c1-23(2,3)29-22(28)27-12-11-18(15-27)20-13-21(26-25-20)19-10-9-17(14-24-19)16-7-5-4-6-8-16;1-2/h4-10,13-14,18H,11-12,15H2,1-3H3,(H,25,26);1-2H3. The Bertz CT molecular complexity index is 975. The first-order valence-electron chi connectivity index (χ1n) is 10.9. The summed E-state index contributed by atoms with van der Waals surface area (Å²) < 4.78 is 5.48. The first-order chi connectivity index (χ1) is 14.9. The van der Waals surface area contributed by atoms with E-state index in [1.165, 1.54) is 0 Å². The third-order valence-corrected chi connectivity index (χ3v) is 5.01. The fraction of sp³-hybridized carbons (Fsp3) is 0.400. The van der Waals surface area contributed by atoms with Crippen LogP contribution < -0.4 is 0 Å². The van der Waals surface area contributed by atoms with E-state index >= 15 is 0 Å². The van der Waals surface area contributed by atoms with Crippen molar-refractivity contribution in [2.24, 2.45) is 0 Å². The molecule has 1 aliphatic rings. The van der Waals surface area contributed by atoms with Crippen molar-refractivity contribution in [1.29, 1.82) is 0 Å². The zero-order valence-corrected chi connectivity index (χ0v) is 19.1. The van der Waals surface area contributed by atoms with E-state index in [4.69, 9.17) is 4.74 Å². The molecule has 0 radical (unpaired) electrons. The van der Waals surface area contributed by atoms with E-state index < -0.39 is 5.60 Å². The summed E-state index contributed by atoms with van der Waals surface area (Å²) in [6.45, 7) is 11.0. The number of nitrogens with zero attached hydrogens (tertiary/aromatic N) is 3. The Morgan fingerprint density at radius 1 is 1.06 bits per heavy atom. The summed E-state index contributed by atoms with van der Waals surface area (Å²) in [5.74, 6) is 0.229. The number of ether oxygens (including phenoxy) is 1. The minimum Gasteiger partial charge on any atom is -0.444 e. The lowest BCUT2D eigenvalue weighted by molar-refractivity contribution is 0.0292. The second-order valence-electron chi connectivity index (χ2n) is 8.42. The third-order valence-electron chi connectivity index (χ3n) is 5.01. The topological polar surface area (TPSA) is 71.1 Å². The molecule has 164 valence electrons. The molecule has 31 heavy (non-hydrogen) atoms. The number of pyridine rings is 1. The Morgan fingerprint density at radius 3 is 2.45 bits per heavy atom. The number of likely N-dealkylation sites (tertiary alicyclic amines) is 1. The van der Waals surface area contributed by atoms with Crippen molar-refractivity contribution in [3.63, 3.8) is 0 Å². The SMILES string of the molecule is CC.CC(C)(C)OC(=O)N1CCC(c2cc(-c3ccc(-c4ccccc4)cn3)n[nH]2)C1. The Morgan fingerprint density at radius 2 is 1.81 bits per heavy atom. The number of nitrogens with one attached hydrogen (secondary N) is 1. The zero-order chi connectivity index (χ0) is 22.4. The Balaban J connectivity index is 0.00000132. The van der Waals surface area contributed by atoms with Crippen LogP contribution in [0.2, 0.25) is 0 Å². The molecule has 1 saturated heterocycles. The largest absolute Gasteiger partial charge is 0.444 e. The van der Waals surface area contributed by atoms with E-state index in [-0.39, 0.29) is 12.0 Å². The highest BCUT2D eigenvalue weighted by Crippen LogP contribution is 2.29. The number of amides is 1. The van der Waals surface area contributed by atoms with Crippen LogP contribution in [0.5, 0.6) is 0 Å². The van der Waals surface area contributed by atoms with Gasteiger partial charge in [-0.1, -0.05) is 50.2 Å². The van der Waals surface area contributed by atoms with Crippen LogP contribution in [0.4, 0.5) is 4.79 Å². The number of carbonyl (C=O) groups is 1. The monoisotopic (exact) mass is 420 g/mol. The molecule has 1 N–H and O–H groups in total. The van der Waals surface area contributed by atoms with Gasteiger partial charge in [0.25, 0.3) is 0 Å². The molecule has 1 aliphatic heterocycles. The highest BCUT2D eigenvalue weighted by Gasteiger charge is 2.31. The lowest BCUT2D eigenvalue weighted by Gasteiger charge is -2.24. The molecule has 3 heterocycles. The van der Waals surface area contributed by atoms with Gasteiger partial charge in [-0.15, -0.1) is 0 Å². The van der Waals surface area contributed by atoms with Gasteiger partial charge in [0.05, 0.1) is 5.69 Å². The number of hydrogen-bond donors (Lipinski definition) is 1. The molecule has 1 amide bonds. The van der Waals surface area contributed by atoms with Crippen molar-refractivity contribution in [2.45, 2.75) is 52.6 Å². The molecule has 0 aliphatic carbocycles. The van der Waals surface area contributed by atoms with Gasteiger partial charge in [0.2, 0.25) is 0 Å². The maximum Gasteiger partial charge on any atom is 0.410 e. The summed E-state index contributed by atoms with van der Waals surface area (Å²) in [5, 5.41) is 7.57. The Hall–Kier alpha value is -3.15. The summed E-state index contributed by atoms with van der Waals surface area (Å²) in [7, 11) is 0. The van der Waals surface area contributed by atoms with Crippen molar-refractivity contribution in [3.8, 4) is 22.5 Å². The molecule has 4 rings (SSSR count). The van der Waals surface area contributed by atoms with Crippen molar-refractivity contribution in [1.82, 2.24) is 20.1 Å². The molecule has 0 spiro atoms. The van der Waals surface area contributed by atoms with Crippen molar-refractivity contribution in [2.75, 3.05) is 13.1 Å². The molecule has 6 heteroatoms. The molecule has 6 nitrogen and oxygen atoms in total. The maximum atomic E-state index is 12.3. The summed E-state index contributed by atoms with van der Waals surface area (Å²) in [5.41, 5.74) is 4.41. The summed E-state index contributed by atoms with van der Waals surface area (Å²) in [6, 6.07) is 16.3. The molecule has 1 aromatic carbocycles. The van der Waals surface area contributed by atoms with E-state index in [1.807, 2.05) is 71.1 Å². The Kier molecular flexibility index (Phi) is 7.10. The quantitative estimate of drug-likeness (QED) is 0.573. The molecule has 1 fully saturated rings. The molecule has 3 aromatic rings. The van der Waals surface area contributed by atoms with Gasteiger partial charge in [0, 0.05) is 36.5 Å². The summed E-state index contributed by atoms with van der Waals surface area (Å²) >= 11 is 0. The molecule has 1 unspecified atom stereocenters. The van der Waals surface area contributed by atoms with E-state index in [0.717, 1.165) is 34.6 Å². The number of aromatic nitrogens is 3. The van der Waals surface area contributed by atoms with Crippen molar-refractivity contribution >= 4 is 6.09 Å². The maximum absolute atomic E-state index is 12.3. The highest BCUT2D eigenvalue weighted by atomic mass is 16.6. The second kappa shape index (κ2) is 9.77. The predicted octanol–water partition coefficient (Wildman–Crippen LogP) is 5.89. The van der Waals surface area contributed by atoms with Crippen molar-refractivity contribution < 1.29 is 9.53 Å². The molecule has 0 saturated carbocycles. The lowest BCUT2D eigenvalue weighted by Crippen LogP contribution is -2.35. The minimum atomic E-state index is -0.478. The number of hydrogen-bond acceptors (Lipinski definition) is 4. The predicted molar refractivity (Wildman–Crippen MR) is 124 cm³/mol. The molecular weight excluding hydrogens is 388 g/mol. The van der Waals surface area contributed by atoms with Crippen LogP contribution in [-0.4, -0.2) is 44.9 Å². The van der Waals surface area contributed by atoms with Crippen LogP contribution in [0, 0.1) is 0 Å². The molecule has 0 bridgehead atoms. The van der Waals surface area contributed by atoms with E-state index in [2.05, 4.69) is 33.4 Å². The minimum absolute atomic E-state index is 0.229. The zero-order valence-electron chi connectivity index (χ0n) is 19.1. The van der Waals surface area contributed by atoms with Gasteiger partial charge in [0.1, 0.15) is 11.3 Å². The van der Waals surface area contributed by atoms with E-state index in [1.54, 1.807) is 4.90 Å². The average molecular weight is 421 g/mol. The first-order valence-corrected chi connectivity index (χ1v) is 10.9. The fourth-order valence-corrected chi connectivity index (χ4v) is 3.53. The van der Waals surface area contributed by atoms with Crippen LogP contribution in [0.3, 0.4) is 0 Å². The number of rotatable bonds is 3. The van der Waals surface area contributed by atoms with Gasteiger partial charge in [0.15, 0.2) is 0 Å². The number of benzene rings is 1. The number of H-pyrrole nitrogens is 1. The molecule has 2 aromatic heterocycles. The normalized spacial score (nSPS) is 15.9. The third kappa shape index (κ3) is 5.72. The van der Waals surface area contributed by atoms with Crippen LogP contribution in [-0.2, 0) is 4.74 Å². The van der Waals surface area contributed by atoms with Gasteiger partial charge >= 0.3 is 6.09 Å². The second-order valence-corrected chi connectivity index (χ2v) is 8.42. The smallest absolute Gasteiger partial charge is 0.410 e. The van der Waals surface area contributed by atoms with Gasteiger partial charge in [-0.25, -0.2) is 4.79 Å². The number of aromatic amines is 1. The number of carbonyl (C=O) groups excluding carboxylic acids is 1. The molecule has 1 atom stereocenters. The molecular formula is C25H32N4O2. The van der Waals surface area contributed by atoms with Crippen LogP contribution >= 0.6 is 0 Å². The fourth-order valence-electron chi connectivity index (χ4n) is 3.53. The van der Waals surface area contributed by atoms with Gasteiger partial charge in [-0.2, -0.15) is 5.10 Å². The average Bonchev–Trinajstić information content (AvgIpc) is 3.45. The Labute approximate surface area is 184 Å². The van der Waals surface area contributed by atoms with Crippen LogP contribution in [0.1, 0.15) is 52.7 Å². The summed E-state index contributed by atoms with van der Waals surface area (Å²) in [6.07, 6.45) is 2.51. The van der Waals surface area contributed by atoms with Gasteiger partial charge in [-0.3, -0.25) is 10.1 Å². The highest BCUT2D eigenvalue weighted by molar-refractivity contribution is 5.69. The van der Waals surface area contributed by atoms with Crippen LogP contribution in [0.15, 0.2) is 54.7 Å². The van der Waals surface area contributed by atoms with E-state index in [9.17, 15) is 4.79 Å².